The SMILES string of the molecule is C=CCNC(C)CS(=O)(=O)CC. The summed E-state index contributed by atoms with van der Waals surface area (Å²) >= 11 is 0. The van der Waals surface area contributed by atoms with Gasteiger partial charge < -0.3 is 5.32 Å². The number of rotatable bonds is 6. The average Bonchev–Trinajstić information content (AvgIpc) is 2.00. The molecule has 0 radical (unpaired) electrons. The van der Waals surface area contributed by atoms with Gasteiger partial charge in [0, 0.05) is 18.3 Å². The second kappa shape index (κ2) is 5.32. The Kier molecular flexibility index (Phi) is 5.17. The Bertz CT molecular complexity index is 221. The van der Waals surface area contributed by atoms with Crippen molar-refractivity contribution >= 4 is 9.84 Å². The monoisotopic (exact) mass is 191 g/mol. The first-order valence-corrected chi connectivity index (χ1v) is 5.88. The van der Waals surface area contributed by atoms with E-state index in [1.807, 2.05) is 6.92 Å². The van der Waals surface area contributed by atoms with Crippen LogP contribution in [-0.4, -0.2) is 32.5 Å². The second-order valence-electron chi connectivity index (χ2n) is 2.80. The summed E-state index contributed by atoms with van der Waals surface area (Å²) in [7, 11) is -2.85. The maximum atomic E-state index is 11.1. The largest absolute Gasteiger partial charge is 0.310 e. The number of hydrogen-bond acceptors (Lipinski definition) is 3. The van der Waals surface area contributed by atoms with E-state index in [-0.39, 0.29) is 17.5 Å². The van der Waals surface area contributed by atoms with Crippen LogP contribution in [0.4, 0.5) is 0 Å². The molecule has 0 saturated heterocycles. The molecule has 0 aliphatic carbocycles. The fourth-order valence-electron chi connectivity index (χ4n) is 0.842. The van der Waals surface area contributed by atoms with E-state index < -0.39 is 9.84 Å². The van der Waals surface area contributed by atoms with Gasteiger partial charge >= 0.3 is 0 Å². The number of nitrogens with one attached hydrogen (secondary N) is 1. The third kappa shape index (κ3) is 5.32. The lowest BCUT2D eigenvalue weighted by molar-refractivity contribution is 0.573. The third-order valence-electron chi connectivity index (χ3n) is 1.55. The van der Waals surface area contributed by atoms with Crippen LogP contribution in [0, 0.1) is 0 Å². The molecule has 0 aliphatic rings. The van der Waals surface area contributed by atoms with Crippen LogP contribution in [0.3, 0.4) is 0 Å². The van der Waals surface area contributed by atoms with Crippen LogP contribution in [0.2, 0.25) is 0 Å². The van der Waals surface area contributed by atoms with E-state index in [2.05, 4.69) is 11.9 Å². The lowest BCUT2D eigenvalue weighted by Gasteiger charge is -2.11. The molecule has 12 heavy (non-hydrogen) atoms. The minimum atomic E-state index is -2.85. The zero-order valence-corrected chi connectivity index (χ0v) is 8.52. The fourth-order valence-corrected chi connectivity index (χ4v) is 1.96. The zero-order valence-electron chi connectivity index (χ0n) is 7.71. The summed E-state index contributed by atoms with van der Waals surface area (Å²) in [6.07, 6.45) is 1.72. The van der Waals surface area contributed by atoms with Gasteiger partial charge in [0.25, 0.3) is 0 Å². The van der Waals surface area contributed by atoms with Crippen LogP contribution in [0.15, 0.2) is 12.7 Å². The Hall–Kier alpha value is -0.350. The molecule has 0 amide bonds. The zero-order chi connectivity index (χ0) is 9.61. The van der Waals surface area contributed by atoms with Gasteiger partial charge in [-0.05, 0) is 6.92 Å². The van der Waals surface area contributed by atoms with Gasteiger partial charge in [-0.25, -0.2) is 8.42 Å². The Morgan fingerprint density at radius 3 is 2.58 bits per heavy atom. The Morgan fingerprint density at radius 1 is 1.58 bits per heavy atom. The van der Waals surface area contributed by atoms with E-state index in [4.69, 9.17) is 0 Å². The van der Waals surface area contributed by atoms with Crippen LogP contribution in [0.1, 0.15) is 13.8 Å². The molecular formula is C8H17NO2S. The lowest BCUT2D eigenvalue weighted by Crippen LogP contribution is -2.33. The van der Waals surface area contributed by atoms with Gasteiger partial charge in [0.05, 0.1) is 5.75 Å². The van der Waals surface area contributed by atoms with Crippen LogP contribution < -0.4 is 5.32 Å². The van der Waals surface area contributed by atoms with Crippen LogP contribution in [0.5, 0.6) is 0 Å². The summed E-state index contributed by atoms with van der Waals surface area (Å²) in [6, 6.07) is 0.00736. The van der Waals surface area contributed by atoms with Crippen molar-refractivity contribution in [3.8, 4) is 0 Å². The summed E-state index contributed by atoms with van der Waals surface area (Å²) in [5.74, 6) is 0.421. The molecule has 1 N–H and O–H groups in total. The molecule has 72 valence electrons. The maximum Gasteiger partial charge on any atom is 0.151 e. The second-order valence-corrected chi connectivity index (χ2v) is 5.19. The van der Waals surface area contributed by atoms with Crippen molar-refractivity contribution in [2.24, 2.45) is 0 Å². The van der Waals surface area contributed by atoms with Gasteiger partial charge in [-0.1, -0.05) is 13.0 Å². The summed E-state index contributed by atoms with van der Waals surface area (Å²) < 4.78 is 22.2. The van der Waals surface area contributed by atoms with Crippen LogP contribution in [-0.2, 0) is 9.84 Å². The highest BCUT2D eigenvalue weighted by Gasteiger charge is 2.11. The predicted octanol–water partition coefficient (Wildman–Crippen LogP) is 0.585. The van der Waals surface area contributed by atoms with Crippen molar-refractivity contribution in [2.45, 2.75) is 19.9 Å². The fraction of sp³-hybridized carbons (Fsp3) is 0.750. The number of sulfone groups is 1. The van der Waals surface area contributed by atoms with Crippen molar-refractivity contribution < 1.29 is 8.42 Å². The molecule has 1 unspecified atom stereocenters. The van der Waals surface area contributed by atoms with Gasteiger partial charge in [0.2, 0.25) is 0 Å². The molecule has 0 aromatic heterocycles. The quantitative estimate of drug-likeness (QED) is 0.625. The first-order chi connectivity index (χ1) is 5.52. The van der Waals surface area contributed by atoms with Crippen molar-refractivity contribution in [1.29, 1.82) is 0 Å². The average molecular weight is 191 g/mol. The summed E-state index contributed by atoms with van der Waals surface area (Å²) in [5.41, 5.74) is 0. The van der Waals surface area contributed by atoms with E-state index in [0.717, 1.165) is 0 Å². The first-order valence-electron chi connectivity index (χ1n) is 4.06. The molecule has 0 spiro atoms. The molecule has 0 rings (SSSR count). The Morgan fingerprint density at radius 2 is 2.17 bits per heavy atom. The van der Waals surface area contributed by atoms with Gasteiger partial charge in [-0.15, -0.1) is 6.58 Å². The van der Waals surface area contributed by atoms with E-state index in [0.29, 0.717) is 6.54 Å². The Balaban J connectivity index is 3.83. The molecule has 0 bridgehead atoms. The highest BCUT2D eigenvalue weighted by atomic mass is 32.2. The van der Waals surface area contributed by atoms with Crippen molar-refractivity contribution in [2.75, 3.05) is 18.1 Å². The van der Waals surface area contributed by atoms with Crippen molar-refractivity contribution in [3.63, 3.8) is 0 Å². The van der Waals surface area contributed by atoms with Gasteiger partial charge in [0.1, 0.15) is 0 Å². The van der Waals surface area contributed by atoms with Crippen LogP contribution >= 0.6 is 0 Å². The molecule has 0 saturated carbocycles. The normalized spacial score (nSPS) is 14.2. The van der Waals surface area contributed by atoms with Crippen LogP contribution in [0.25, 0.3) is 0 Å². The molecule has 0 fully saturated rings. The minimum absolute atomic E-state index is 0.00736. The Labute approximate surface area is 74.8 Å². The molecular weight excluding hydrogens is 174 g/mol. The minimum Gasteiger partial charge on any atom is -0.310 e. The van der Waals surface area contributed by atoms with Gasteiger partial charge in [-0.2, -0.15) is 0 Å². The molecule has 3 nitrogen and oxygen atoms in total. The van der Waals surface area contributed by atoms with Gasteiger partial charge in [-0.3, -0.25) is 0 Å². The summed E-state index contributed by atoms with van der Waals surface area (Å²) in [6.45, 7) is 7.71. The highest BCUT2D eigenvalue weighted by Crippen LogP contribution is 1.93. The van der Waals surface area contributed by atoms with E-state index in [9.17, 15) is 8.42 Å². The molecule has 4 heteroatoms. The topological polar surface area (TPSA) is 46.2 Å². The van der Waals surface area contributed by atoms with Crippen molar-refractivity contribution in [1.82, 2.24) is 5.32 Å². The summed E-state index contributed by atoms with van der Waals surface area (Å²) in [5, 5.41) is 3.03. The lowest BCUT2D eigenvalue weighted by atomic mass is 10.4. The third-order valence-corrected chi connectivity index (χ3v) is 3.44. The summed E-state index contributed by atoms with van der Waals surface area (Å²) in [4.78, 5) is 0. The molecule has 0 aliphatic heterocycles. The molecule has 1 atom stereocenters. The molecule has 0 heterocycles. The van der Waals surface area contributed by atoms with Crippen molar-refractivity contribution in [3.05, 3.63) is 12.7 Å². The van der Waals surface area contributed by atoms with Gasteiger partial charge in [0.15, 0.2) is 9.84 Å². The molecule has 0 aromatic carbocycles. The van der Waals surface area contributed by atoms with E-state index in [1.165, 1.54) is 0 Å². The predicted molar refractivity (Wildman–Crippen MR) is 52.0 cm³/mol. The standard InChI is InChI=1S/C8H17NO2S/c1-4-6-9-8(3)7-12(10,11)5-2/h4,8-9H,1,5-7H2,2-3H3. The maximum absolute atomic E-state index is 11.1. The highest BCUT2D eigenvalue weighted by molar-refractivity contribution is 7.91. The smallest absolute Gasteiger partial charge is 0.151 e. The molecule has 0 aromatic rings. The number of hydrogen-bond donors (Lipinski definition) is 1. The van der Waals surface area contributed by atoms with E-state index >= 15 is 0 Å². The first kappa shape index (κ1) is 11.6. The van der Waals surface area contributed by atoms with E-state index in [1.54, 1.807) is 13.0 Å².